The molecule has 26 heavy (non-hydrogen) atoms. The summed E-state index contributed by atoms with van der Waals surface area (Å²) in [6.45, 7) is 0. The van der Waals surface area contributed by atoms with Crippen LogP contribution >= 0.6 is 0 Å². The number of ether oxygens (including phenoxy) is 1. The fourth-order valence-corrected chi connectivity index (χ4v) is 2.23. The fraction of sp³-hybridized carbons (Fsp3) is 0.0556. The highest BCUT2D eigenvalue weighted by molar-refractivity contribution is 5.96. The van der Waals surface area contributed by atoms with Gasteiger partial charge in [-0.3, -0.25) is 15.6 Å². The number of nitrogens with one attached hydrogen (secondary N) is 2. The van der Waals surface area contributed by atoms with E-state index in [1.54, 1.807) is 18.2 Å². The second kappa shape index (κ2) is 7.56. The monoisotopic (exact) mass is 356 g/mol. The molecule has 132 valence electrons. The van der Waals surface area contributed by atoms with Crippen molar-refractivity contribution in [2.24, 2.45) is 0 Å². The summed E-state index contributed by atoms with van der Waals surface area (Å²) in [4.78, 5) is 19.9. The first-order valence-electron chi connectivity index (χ1n) is 7.54. The van der Waals surface area contributed by atoms with Gasteiger partial charge in [0.15, 0.2) is 0 Å². The number of nitrogens with zero attached hydrogens (tertiary/aromatic N) is 2. The molecule has 1 aromatic carbocycles. The first-order valence-corrected chi connectivity index (χ1v) is 7.54. The Bertz CT molecular complexity index is 915. The molecule has 0 aliphatic carbocycles. The van der Waals surface area contributed by atoms with E-state index in [1.807, 2.05) is 0 Å². The van der Waals surface area contributed by atoms with Crippen LogP contribution < -0.4 is 15.6 Å². The molecule has 0 atom stereocenters. The van der Waals surface area contributed by atoms with Crippen LogP contribution in [-0.2, 0) is 0 Å². The molecular weight excluding hydrogens is 342 g/mol. The number of carbonyl (C=O) groups is 1. The summed E-state index contributed by atoms with van der Waals surface area (Å²) >= 11 is 0. The minimum absolute atomic E-state index is 0.257. The maximum absolute atomic E-state index is 13.1. The molecule has 0 saturated carbocycles. The first kappa shape index (κ1) is 17.3. The Morgan fingerprint density at radius 2 is 1.81 bits per heavy atom. The third-order valence-electron chi connectivity index (χ3n) is 3.51. The van der Waals surface area contributed by atoms with E-state index in [1.165, 1.54) is 37.7 Å². The maximum Gasteiger partial charge on any atom is 0.271 e. The fourth-order valence-electron chi connectivity index (χ4n) is 2.23. The van der Waals surface area contributed by atoms with Crippen molar-refractivity contribution in [1.82, 2.24) is 15.4 Å². The van der Waals surface area contributed by atoms with E-state index in [4.69, 9.17) is 4.74 Å². The van der Waals surface area contributed by atoms with E-state index in [9.17, 15) is 13.6 Å². The summed E-state index contributed by atoms with van der Waals surface area (Å²) in [7, 11) is 1.46. The van der Waals surface area contributed by atoms with Gasteiger partial charge in [-0.15, -0.1) is 0 Å². The van der Waals surface area contributed by atoms with E-state index in [0.717, 1.165) is 6.07 Å². The molecule has 8 heteroatoms. The molecule has 3 rings (SSSR count). The van der Waals surface area contributed by atoms with Crippen molar-refractivity contribution in [2.75, 3.05) is 12.5 Å². The molecule has 6 nitrogen and oxygen atoms in total. The largest absolute Gasteiger partial charge is 0.481 e. The predicted molar refractivity (Wildman–Crippen MR) is 91.5 cm³/mol. The number of benzene rings is 1. The quantitative estimate of drug-likeness (QED) is 0.542. The summed E-state index contributed by atoms with van der Waals surface area (Å²) in [5.74, 6) is -1.14. The normalized spacial score (nSPS) is 10.3. The number of aromatic nitrogens is 2. The van der Waals surface area contributed by atoms with Crippen LogP contribution in [0.15, 0.2) is 54.9 Å². The Labute approximate surface area is 147 Å². The second-order valence-corrected chi connectivity index (χ2v) is 5.24. The molecule has 3 aromatic rings. The van der Waals surface area contributed by atoms with Crippen molar-refractivity contribution >= 4 is 11.6 Å². The molecule has 0 fully saturated rings. The highest BCUT2D eigenvalue weighted by Crippen LogP contribution is 2.29. The zero-order valence-electron chi connectivity index (χ0n) is 13.7. The third kappa shape index (κ3) is 3.92. The molecule has 2 heterocycles. The summed E-state index contributed by atoms with van der Waals surface area (Å²) < 4.78 is 31.1. The molecule has 2 N–H and O–H groups in total. The average molecular weight is 356 g/mol. The van der Waals surface area contributed by atoms with E-state index in [-0.39, 0.29) is 11.4 Å². The van der Waals surface area contributed by atoms with Gasteiger partial charge in [0.1, 0.15) is 5.82 Å². The maximum atomic E-state index is 13.1. The number of carbonyl (C=O) groups excluding carboxylic acids is 1. The highest BCUT2D eigenvalue weighted by atomic mass is 19.1. The van der Waals surface area contributed by atoms with Crippen LogP contribution in [0.1, 0.15) is 10.4 Å². The lowest BCUT2D eigenvalue weighted by molar-refractivity contribution is 0.0962. The van der Waals surface area contributed by atoms with Crippen molar-refractivity contribution in [2.45, 2.75) is 0 Å². The lowest BCUT2D eigenvalue weighted by Crippen LogP contribution is -2.29. The van der Waals surface area contributed by atoms with Gasteiger partial charge >= 0.3 is 0 Å². The molecule has 0 radical (unpaired) electrons. The molecule has 0 bridgehead atoms. The standard InChI is InChI=1S/C18H14F2N4O2/c1-26-18-15(11-2-4-13(19)5-3-11)8-12(9-22-18)17(25)24-23-14-6-7-16(20)21-10-14/h2-10,23H,1H3,(H,24,25). The summed E-state index contributed by atoms with van der Waals surface area (Å²) in [6.07, 6.45) is 2.59. The SMILES string of the molecule is COc1ncc(C(=O)NNc2ccc(F)nc2)cc1-c1ccc(F)cc1. The lowest BCUT2D eigenvalue weighted by Gasteiger charge is -2.11. The molecule has 0 spiro atoms. The first-order chi connectivity index (χ1) is 12.6. The van der Waals surface area contributed by atoms with E-state index in [2.05, 4.69) is 20.8 Å². The smallest absolute Gasteiger partial charge is 0.271 e. The van der Waals surface area contributed by atoms with E-state index in [0.29, 0.717) is 22.7 Å². The van der Waals surface area contributed by atoms with Crippen molar-refractivity contribution < 1.29 is 18.3 Å². The number of pyridine rings is 2. The number of anilines is 1. The number of methoxy groups -OCH3 is 1. The Morgan fingerprint density at radius 3 is 2.46 bits per heavy atom. The van der Waals surface area contributed by atoms with Crippen molar-refractivity contribution in [3.63, 3.8) is 0 Å². The van der Waals surface area contributed by atoms with Crippen LogP contribution in [0.5, 0.6) is 5.88 Å². The second-order valence-electron chi connectivity index (χ2n) is 5.24. The summed E-state index contributed by atoms with van der Waals surface area (Å²) in [6, 6.07) is 9.93. The molecule has 1 amide bonds. The van der Waals surface area contributed by atoms with Gasteiger partial charge in [0.05, 0.1) is 24.6 Å². The Morgan fingerprint density at radius 1 is 1.04 bits per heavy atom. The van der Waals surface area contributed by atoms with Crippen molar-refractivity contribution in [1.29, 1.82) is 0 Å². The third-order valence-corrected chi connectivity index (χ3v) is 3.51. The van der Waals surface area contributed by atoms with E-state index < -0.39 is 11.9 Å². The van der Waals surface area contributed by atoms with Gasteiger partial charge in [0.2, 0.25) is 11.8 Å². The van der Waals surface area contributed by atoms with Crippen LogP contribution in [0, 0.1) is 11.8 Å². The van der Waals surface area contributed by atoms with Gasteiger partial charge in [-0.05, 0) is 35.9 Å². The zero-order valence-corrected chi connectivity index (χ0v) is 13.7. The molecule has 0 aliphatic rings. The van der Waals surface area contributed by atoms with Gasteiger partial charge in [-0.1, -0.05) is 12.1 Å². The number of hydrogen-bond acceptors (Lipinski definition) is 5. The number of hydrazine groups is 1. The molecule has 0 saturated heterocycles. The molecule has 0 aliphatic heterocycles. The topological polar surface area (TPSA) is 76.1 Å². The molecular formula is C18H14F2N4O2. The van der Waals surface area contributed by atoms with Crippen molar-refractivity contribution in [3.8, 4) is 17.0 Å². The Balaban J connectivity index is 1.81. The summed E-state index contributed by atoms with van der Waals surface area (Å²) in [5, 5.41) is 0. The Hall–Kier alpha value is -3.55. The van der Waals surface area contributed by atoms with Crippen molar-refractivity contribution in [3.05, 3.63) is 72.2 Å². The van der Waals surface area contributed by atoms with Gasteiger partial charge in [-0.2, -0.15) is 4.39 Å². The van der Waals surface area contributed by atoms with Crippen LogP contribution in [0.4, 0.5) is 14.5 Å². The van der Waals surface area contributed by atoms with Crippen LogP contribution in [-0.4, -0.2) is 23.0 Å². The predicted octanol–water partition coefficient (Wildman–Crippen LogP) is 3.19. The minimum atomic E-state index is -0.620. The van der Waals surface area contributed by atoms with E-state index >= 15 is 0 Å². The molecule has 2 aromatic heterocycles. The number of amides is 1. The van der Waals surface area contributed by atoms with Crippen LogP contribution in [0.2, 0.25) is 0 Å². The van der Waals surface area contributed by atoms with Gasteiger partial charge < -0.3 is 4.74 Å². The summed E-state index contributed by atoms with van der Waals surface area (Å²) in [5.41, 5.74) is 6.97. The highest BCUT2D eigenvalue weighted by Gasteiger charge is 2.13. The average Bonchev–Trinajstić information content (AvgIpc) is 2.67. The minimum Gasteiger partial charge on any atom is -0.481 e. The van der Waals surface area contributed by atoms with Crippen LogP contribution in [0.25, 0.3) is 11.1 Å². The zero-order chi connectivity index (χ0) is 18.5. The number of rotatable bonds is 5. The van der Waals surface area contributed by atoms with Gasteiger partial charge in [0.25, 0.3) is 5.91 Å². The van der Waals surface area contributed by atoms with Crippen LogP contribution in [0.3, 0.4) is 0 Å². The molecule has 0 unspecified atom stereocenters. The number of hydrogen-bond donors (Lipinski definition) is 2. The lowest BCUT2D eigenvalue weighted by atomic mass is 10.1. The van der Waals surface area contributed by atoms with Gasteiger partial charge in [-0.25, -0.2) is 14.4 Å². The number of halogens is 2. The Kier molecular flexibility index (Phi) is 5.02. The van der Waals surface area contributed by atoms with Gasteiger partial charge in [0, 0.05) is 11.8 Å².